The summed E-state index contributed by atoms with van der Waals surface area (Å²) in [7, 11) is 1.45. The minimum absolute atomic E-state index is 0.0988. The summed E-state index contributed by atoms with van der Waals surface area (Å²) in [6, 6.07) is 8.93. The number of nitrogens with zero attached hydrogens (tertiary/aromatic N) is 2. The Bertz CT molecular complexity index is 1300. The number of methoxy groups -OCH3 is 1. The van der Waals surface area contributed by atoms with Gasteiger partial charge < -0.3 is 4.74 Å². The van der Waals surface area contributed by atoms with Gasteiger partial charge in [-0.2, -0.15) is 0 Å². The van der Waals surface area contributed by atoms with Crippen LogP contribution in [0.1, 0.15) is 11.1 Å². The number of hydrogen-bond donors (Lipinski definition) is 0. The number of rotatable bonds is 2. The summed E-state index contributed by atoms with van der Waals surface area (Å²) in [4.78, 5) is 8.01. The molecule has 0 saturated heterocycles. The van der Waals surface area contributed by atoms with Crippen molar-refractivity contribution in [2.45, 2.75) is 0 Å². The van der Waals surface area contributed by atoms with Crippen molar-refractivity contribution < 1.29 is 22.3 Å². The Hall–Kier alpha value is -3.92. The highest BCUT2D eigenvalue weighted by Gasteiger charge is 2.12. The van der Waals surface area contributed by atoms with E-state index in [1.165, 1.54) is 43.8 Å². The Labute approximate surface area is 169 Å². The van der Waals surface area contributed by atoms with E-state index in [4.69, 9.17) is 4.74 Å². The highest BCUT2D eigenvalue weighted by atomic mass is 19.2. The lowest BCUT2D eigenvalue weighted by molar-refractivity contribution is 0.411. The second kappa shape index (κ2) is 7.84. The van der Waals surface area contributed by atoms with Gasteiger partial charge in [0.15, 0.2) is 23.2 Å². The Morgan fingerprint density at radius 2 is 1.50 bits per heavy atom. The van der Waals surface area contributed by atoms with Crippen LogP contribution < -0.4 is 4.74 Å². The maximum absolute atomic E-state index is 14.5. The minimum atomic E-state index is -0.958. The molecule has 0 amide bonds. The maximum Gasteiger partial charge on any atom is 0.166 e. The molecule has 4 rings (SSSR count). The van der Waals surface area contributed by atoms with Gasteiger partial charge in [0.25, 0.3) is 0 Å². The smallest absolute Gasteiger partial charge is 0.166 e. The first-order valence-corrected chi connectivity index (χ1v) is 8.71. The molecule has 0 unspecified atom stereocenters. The summed E-state index contributed by atoms with van der Waals surface area (Å²) in [6.45, 7) is 0. The maximum atomic E-state index is 14.5. The Morgan fingerprint density at radius 1 is 0.800 bits per heavy atom. The molecule has 3 aromatic carbocycles. The van der Waals surface area contributed by atoms with E-state index in [1.54, 1.807) is 0 Å². The zero-order valence-electron chi connectivity index (χ0n) is 15.5. The quantitative estimate of drug-likeness (QED) is 0.335. The van der Waals surface area contributed by atoms with E-state index in [0.29, 0.717) is 16.7 Å². The number of benzene rings is 3. The van der Waals surface area contributed by atoms with E-state index in [0.717, 1.165) is 18.2 Å². The van der Waals surface area contributed by atoms with Gasteiger partial charge in [-0.15, -0.1) is 0 Å². The topological polar surface area (TPSA) is 35.0 Å². The molecule has 1 heterocycles. The van der Waals surface area contributed by atoms with E-state index in [-0.39, 0.29) is 16.8 Å². The van der Waals surface area contributed by atoms with Crippen LogP contribution in [-0.2, 0) is 0 Å². The summed E-state index contributed by atoms with van der Waals surface area (Å²) in [5.41, 5.74) is 0.133. The molecular formula is C23H12F4N2O. The standard InChI is InChI=1S/C23H12F4N2O/c1-30-16-11-28-23(29-12-16)15-9-20(25)18(21(26)10-15)6-3-13-2-5-17-14(8-13)4-7-19(24)22(17)27/h2,4-5,7-12H,1H3. The van der Waals surface area contributed by atoms with Crippen molar-refractivity contribution in [3.05, 3.63) is 89.3 Å². The number of halogens is 4. The normalized spacial score (nSPS) is 10.6. The highest BCUT2D eigenvalue weighted by Crippen LogP contribution is 2.23. The van der Waals surface area contributed by atoms with Crippen LogP contribution in [0.3, 0.4) is 0 Å². The summed E-state index contributed by atoms with van der Waals surface area (Å²) in [5, 5.41) is 0.524. The van der Waals surface area contributed by atoms with E-state index in [2.05, 4.69) is 21.8 Å². The van der Waals surface area contributed by atoms with Crippen molar-refractivity contribution in [1.82, 2.24) is 9.97 Å². The number of fused-ring (bicyclic) bond motifs is 1. The van der Waals surface area contributed by atoms with Gasteiger partial charge in [-0.05, 0) is 35.7 Å². The van der Waals surface area contributed by atoms with E-state index >= 15 is 0 Å². The van der Waals surface area contributed by atoms with Crippen molar-refractivity contribution in [1.29, 1.82) is 0 Å². The molecule has 0 N–H and O–H groups in total. The fraction of sp³-hybridized carbons (Fsp3) is 0.0435. The molecule has 0 aliphatic carbocycles. The third-order valence-corrected chi connectivity index (χ3v) is 4.40. The molecular weight excluding hydrogens is 396 g/mol. The van der Waals surface area contributed by atoms with Crippen molar-refractivity contribution >= 4 is 10.8 Å². The second-order valence-electron chi connectivity index (χ2n) is 6.31. The Kier molecular flexibility index (Phi) is 5.07. The zero-order chi connectivity index (χ0) is 21.3. The molecule has 0 bridgehead atoms. The zero-order valence-corrected chi connectivity index (χ0v) is 15.5. The van der Waals surface area contributed by atoms with Crippen LogP contribution in [0.2, 0.25) is 0 Å². The van der Waals surface area contributed by atoms with E-state index in [9.17, 15) is 17.6 Å². The molecule has 0 aliphatic heterocycles. The first kappa shape index (κ1) is 19.4. The predicted octanol–water partition coefficient (Wildman–Crippen LogP) is 5.26. The molecule has 3 nitrogen and oxygen atoms in total. The first-order chi connectivity index (χ1) is 14.5. The van der Waals surface area contributed by atoms with Gasteiger partial charge in [0.05, 0.1) is 25.1 Å². The number of hydrogen-bond acceptors (Lipinski definition) is 3. The lowest BCUT2D eigenvalue weighted by Crippen LogP contribution is -1.96. The van der Waals surface area contributed by atoms with Crippen molar-refractivity contribution in [2.24, 2.45) is 0 Å². The first-order valence-electron chi connectivity index (χ1n) is 8.71. The summed E-state index contributed by atoms with van der Waals surface area (Å²) in [6.07, 6.45) is 2.78. The predicted molar refractivity (Wildman–Crippen MR) is 104 cm³/mol. The lowest BCUT2D eigenvalue weighted by atomic mass is 10.1. The second-order valence-corrected chi connectivity index (χ2v) is 6.31. The molecule has 0 fully saturated rings. The van der Waals surface area contributed by atoms with Gasteiger partial charge in [0.2, 0.25) is 0 Å². The lowest BCUT2D eigenvalue weighted by Gasteiger charge is -2.04. The Balaban J connectivity index is 1.68. The third kappa shape index (κ3) is 3.67. The monoisotopic (exact) mass is 408 g/mol. The molecule has 0 spiro atoms. The van der Waals surface area contributed by atoms with Crippen LogP contribution in [0, 0.1) is 35.1 Å². The number of ether oxygens (including phenoxy) is 1. The van der Waals surface area contributed by atoms with Crippen molar-refractivity contribution in [3.63, 3.8) is 0 Å². The molecule has 0 atom stereocenters. The average Bonchev–Trinajstić information content (AvgIpc) is 2.75. The fourth-order valence-corrected chi connectivity index (χ4v) is 2.87. The summed E-state index contributed by atoms with van der Waals surface area (Å²) < 4.78 is 61.0. The molecule has 148 valence electrons. The van der Waals surface area contributed by atoms with Crippen LogP contribution in [0.4, 0.5) is 17.6 Å². The number of aromatic nitrogens is 2. The average molecular weight is 408 g/mol. The molecule has 7 heteroatoms. The molecule has 30 heavy (non-hydrogen) atoms. The van der Waals surface area contributed by atoms with Gasteiger partial charge in [-0.1, -0.05) is 24.0 Å². The molecule has 4 aromatic rings. The van der Waals surface area contributed by atoms with Gasteiger partial charge >= 0.3 is 0 Å². The van der Waals surface area contributed by atoms with Crippen LogP contribution in [0.5, 0.6) is 5.75 Å². The minimum Gasteiger partial charge on any atom is -0.494 e. The van der Waals surface area contributed by atoms with Gasteiger partial charge in [0.1, 0.15) is 11.6 Å². The van der Waals surface area contributed by atoms with Crippen LogP contribution in [-0.4, -0.2) is 17.1 Å². The van der Waals surface area contributed by atoms with Gasteiger partial charge in [-0.25, -0.2) is 27.5 Å². The molecule has 0 aliphatic rings. The molecule has 1 aromatic heterocycles. The molecule has 0 saturated carbocycles. The van der Waals surface area contributed by atoms with Gasteiger partial charge in [0, 0.05) is 16.5 Å². The summed E-state index contributed by atoms with van der Waals surface area (Å²) in [5.74, 6) is 2.01. The van der Waals surface area contributed by atoms with Crippen molar-refractivity contribution in [2.75, 3.05) is 7.11 Å². The fourth-order valence-electron chi connectivity index (χ4n) is 2.87. The third-order valence-electron chi connectivity index (χ3n) is 4.40. The van der Waals surface area contributed by atoms with Crippen LogP contribution in [0.25, 0.3) is 22.2 Å². The van der Waals surface area contributed by atoms with Crippen LogP contribution in [0.15, 0.2) is 54.9 Å². The Morgan fingerprint density at radius 3 is 2.17 bits per heavy atom. The van der Waals surface area contributed by atoms with Gasteiger partial charge in [-0.3, -0.25) is 0 Å². The highest BCUT2D eigenvalue weighted by molar-refractivity contribution is 5.84. The summed E-state index contributed by atoms with van der Waals surface area (Å²) >= 11 is 0. The van der Waals surface area contributed by atoms with Crippen LogP contribution >= 0.6 is 0 Å². The van der Waals surface area contributed by atoms with E-state index in [1.807, 2.05) is 0 Å². The largest absolute Gasteiger partial charge is 0.494 e. The molecule has 0 radical (unpaired) electrons. The van der Waals surface area contributed by atoms with Crippen molar-refractivity contribution in [3.8, 4) is 29.0 Å². The van der Waals surface area contributed by atoms with E-state index < -0.39 is 28.8 Å². The SMILES string of the molecule is COc1cnc(-c2cc(F)c(C#Cc3ccc4c(F)c(F)ccc4c3)c(F)c2)nc1.